The minimum atomic E-state index is -0.735. The zero-order valence-corrected chi connectivity index (χ0v) is 12.0. The van der Waals surface area contributed by atoms with Gasteiger partial charge in [-0.1, -0.05) is 13.8 Å². The van der Waals surface area contributed by atoms with Gasteiger partial charge < -0.3 is 14.4 Å². The van der Waals surface area contributed by atoms with Crippen LogP contribution in [0.2, 0.25) is 0 Å². The summed E-state index contributed by atoms with van der Waals surface area (Å²) in [7, 11) is 0. The topological polar surface area (TPSA) is 60.2 Å². The van der Waals surface area contributed by atoms with Gasteiger partial charge in [-0.15, -0.1) is 0 Å². The average Bonchev–Trinajstić information content (AvgIpc) is 2.93. The lowest BCUT2D eigenvalue weighted by molar-refractivity contribution is 0.208. The van der Waals surface area contributed by atoms with E-state index in [4.69, 9.17) is 4.74 Å². The van der Waals surface area contributed by atoms with Crippen molar-refractivity contribution in [1.82, 2.24) is 14.5 Å². The molecule has 0 saturated carbocycles. The molecule has 1 atom stereocenters. The summed E-state index contributed by atoms with van der Waals surface area (Å²) in [6, 6.07) is 1.83. The zero-order chi connectivity index (χ0) is 14.4. The third-order valence-corrected chi connectivity index (χ3v) is 3.01. The van der Waals surface area contributed by atoms with E-state index < -0.39 is 6.10 Å². The van der Waals surface area contributed by atoms with E-state index in [9.17, 15) is 5.11 Å². The number of imidazole rings is 1. The molecule has 1 N–H and O–H groups in total. The molecule has 0 radical (unpaired) electrons. The number of aromatic nitrogens is 3. The quantitative estimate of drug-likeness (QED) is 0.843. The van der Waals surface area contributed by atoms with Crippen LogP contribution in [-0.2, 0) is 6.54 Å². The molecule has 0 aliphatic carbocycles. The molecule has 0 spiro atoms. The molecule has 5 heteroatoms. The molecule has 2 heterocycles. The van der Waals surface area contributed by atoms with Gasteiger partial charge in [0.25, 0.3) is 0 Å². The molecular formula is C15H21N3O2. The van der Waals surface area contributed by atoms with Gasteiger partial charge in [0.2, 0.25) is 0 Å². The third kappa shape index (κ3) is 3.36. The molecule has 5 nitrogen and oxygen atoms in total. The highest BCUT2D eigenvalue weighted by molar-refractivity contribution is 5.29. The highest BCUT2D eigenvalue weighted by atomic mass is 16.5. The Hall–Kier alpha value is -1.88. The van der Waals surface area contributed by atoms with E-state index in [-0.39, 0.29) is 0 Å². The minimum absolute atomic E-state index is 0.648. The van der Waals surface area contributed by atoms with Crippen LogP contribution in [0.3, 0.4) is 0 Å². The normalized spacial score (nSPS) is 12.3. The molecule has 2 aromatic rings. The van der Waals surface area contributed by atoms with Crippen molar-refractivity contribution in [1.29, 1.82) is 0 Å². The summed E-state index contributed by atoms with van der Waals surface area (Å²) >= 11 is 0. The molecule has 0 saturated heterocycles. The first-order valence-electron chi connectivity index (χ1n) is 7.02. The van der Waals surface area contributed by atoms with Crippen LogP contribution in [0.1, 0.15) is 44.1 Å². The van der Waals surface area contributed by atoms with Gasteiger partial charge >= 0.3 is 0 Å². The molecule has 0 amide bonds. The smallest absolute Gasteiger partial charge is 0.137 e. The van der Waals surface area contributed by atoms with Crippen molar-refractivity contribution in [3.05, 3.63) is 42.2 Å². The fraction of sp³-hybridized carbons (Fsp3) is 0.467. The lowest BCUT2D eigenvalue weighted by Gasteiger charge is -2.14. The van der Waals surface area contributed by atoms with Crippen LogP contribution in [-0.4, -0.2) is 26.2 Å². The largest absolute Gasteiger partial charge is 0.492 e. The SMILES string of the molecule is CCCOc1cncc(C(O)c2cncn2CCC)c1. The van der Waals surface area contributed by atoms with E-state index in [0.717, 1.165) is 30.6 Å². The summed E-state index contributed by atoms with van der Waals surface area (Å²) in [5, 5.41) is 10.5. The molecule has 108 valence electrons. The lowest BCUT2D eigenvalue weighted by atomic mass is 10.1. The van der Waals surface area contributed by atoms with E-state index in [1.165, 1.54) is 0 Å². The first-order valence-corrected chi connectivity index (χ1v) is 7.02. The third-order valence-electron chi connectivity index (χ3n) is 3.01. The summed E-state index contributed by atoms with van der Waals surface area (Å²) in [4.78, 5) is 8.24. The summed E-state index contributed by atoms with van der Waals surface area (Å²) in [6.07, 6.45) is 7.96. The van der Waals surface area contributed by atoms with Crippen molar-refractivity contribution in [2.45, 2.75) is 39.3 Å². The number of aryl methyl sites for hydroxylation is 1. The van der Waals surface area contributed by atoms with Crippen LogP contribution in [0.4, 0.5) is 0 Å². The number of aliphatic hydroxyl groups is 1. The van der Waals surface area contributed by atoms with Crippen molar-refractivity contribution in [3.8, 4) is 5.75 Å². The van der Waals surface area contributed by atoms with E-state index in [2.05, 4.69) is 23.8 Å². The highest BCUT2D eigenvalue weighted by Gasteiger charge is 2.16. The number of rotatable bonds is 7. The minimum Gasteiger partial charge on any atom is -0.492 e. The van der Waals surface area contributed by atoms with Gasteiger partial charge in [0, 0.05) is 18.3 Å². The number of aliphatic hydroxyl groups excluding tert-OH is 1. The maximum absolute atomic E-state index is 10.5. The monoisotopic (exact) mass is 275 g/mol. The van der Waals surface area contributed by atoms with Crippen LogP contribution in [0.15, 0.2) is 31.0 Å². The predicted molar refractivity (Wildman–Crippen MR) is 76.6 cm³/mol. The zero-order valence-electron chi connectivity index (χ0n) is 12.0. The lowest BCUT2D eigenvalue weighted by Crippen LogP contribution is -2.08. The summed E-state index contributed by atoms with van der Waals surface area (Å²) in [5.41, 5.74) is 1.50. The van der Waals surface area contributed by atoms with Gasteiger partial charge in [-0.05, 0) is 18.9 Å². The number of pyridine rings is 1. The van der Waals surface area contributed by atoms with Gasteiger partial charge in [-0.3, -0.25) is 4.98 Å². The summed E-state index contributed by atoms with van der Waals surface area (Å²) < 4.78 is 7.51. The van der Waals surface area contributed by atoms with Crippen molar-refractivity contribution in [3.63, 3.8) is 0 Å². The Morgan fingerprint density at radius 3 is 2.80 bits per heavy atom. The molecule has 2 aromatic heterocycles. The highest BCUT2D eigenvalue weighted by Crippen LogP contribution is 2.24. The van der Waals surface area contributed by atoms with Crippen LogP contribution in [0.25, 0.3) is 0 Å². The molecule has 0 aromatic carbocycles. The number of nitrogens with zero attached hydrogens (tertiary/aromatic N) is 3. The molecule has 20 heavy (non-hydrogen) atoms. The van der Waals surface area contributed by atoms with Gasteiger partial charge in [0.05, 0.1) is 31.0 Å². The van der Waals surface area contributed by atoms with E-state index >= 15 is 0 Å². The standard InChI is InChI=1S/C15H21N3O2/c1-3-5-18-11-17-10-14(18)15(19)12-7-13(9-16-8-12)20-6-4-2/h7-11,15,19H,3-6H2,1-2H3. The predicted octanol–water partition coefficient (Wildman–Crippen LogP) is 2.56. The Morgan fingerprint density at radius 2 is 2.05 bits per heavy atom. The van der Waals surface area contributed by atoms with Crippen molar-refractivity contribution in [2.24, 2.45) is 0 Å². The Kier molecular flexibility index (Phi) is 5.12. The van der Waals surface area contributed by atoms with E-state index in [1.54, 1.807) is 24.9 Å². The maximum atomic E-state index is 10.5. The number of ether oxygens (including phenoxy) is 1. The molecule has 0 bridgehead atoms. The Bertz CT molecular complexity index is 539. The fourth-order valence-corrected chi connectivity index (χ4v) is 2.04. The molecule has 0 aliphatic rings. The second kappa shape index (κ2) is 7.05. The van der Waals surface area contributed by atoms with Gasteiger partial charge in [-0.2, -0.15) is 0 Å². The van der Waals surface area contributed by atoms with Gasteiger partial charge in [0.15, 0.2) is 0 Å². The fourth-order valence-electron chi connectivity index (χ4n) is 2.04. The molecule has 0 fully saturated rings. The van der Waals surface area contributed by atoms with Crippen LogP contribution in [0.5, 0.6) is 5.75 Å². The van der Waals surface area contributed by atoms with E-state index in [1.807, 2.05) is 10.6 Å². The first-order chi connectivity index (χ1) is 9.76. The second-order valence-corrected chi connectivity index (χ2v) is 4.72. The van der Waals surface area contributed by atoms with Crippen LogP contribution >= 0.6 is 0 Å². The maximum Gasteiger partial charge on any atom is 0.137 e. The molecule has 2 rings (SSSR count). The Balaban J connectivity index is 2.19. The van der Waals surface area contributed by atoms with Crippen molar-refractivity contribution in [2.75, 3.05) is 6.61 Å². The Morgan fingerprint density at radius 1 is 1.20 bits per heavy atom. The van der Waals surface area contributed by atoms with Gasteiger partial charge in [-0.25, -0.2) is 4.98 Å². The Labute approximate surface area is 119 Å². The van der Waals surface area contributed by atoms with Crippen molar-refractivity contribution < 1.29 is 9.84 Å². The number of hydrogen-bond acceptors (Lipinski definition) is 4. The van der Waals surface area contributed by atoms with E-state index in [0.29, 0.717) is 12.4 Å². The first kappa shape index (κ1) is 14.5. The molecule has 1 unspecified atom stereocenters. The molecule has 0 aliphatic heterocycles. The molecular weight excluding hydrogens is 254 g/mol. The summed E-state index contributed by atoms with van der Waals surface area (Å²) in [6.45, 7) is 5.63. The van der Waals surface area contributed by atoms with Gasteiger partial charge in [0.1, 0.15) is 11.9 Å². The van der Waals surface area contributed by atoms with Crippen molar-refractivity contribution >= 4 is 0 Å². The summed E-state index contributed by atoms with van der Waals surface area (Å²) in [5.74, 6) is 0.685. The average molecular weight is 275 g/mol. The number of hydrogen-bond donors (Lipinski definition) is 1. The van der Waals surface area contributed by atoms with Crippen LogP contribution in [0, 0.1) is 0 Å². The second-order valence-electron chi connectivity index (χ2n) is 4.72. The van der Waals surface area contributed by atoms with Crippen LogP contribution < -0.4 is 4.74 Å².